The van der Waals surface area contributed by atoms with E-state index in [1.807, 2.05) is 0 Å². The van der Waals surface area contributed by atoms with Crippen LogP contribution >= 0.6 is 11.6 Å². The number of halogens is 1. The molecule has 3 atom stereocenters. The average Bonchev–Trinajstić information content (AvgIpc) is 3.27. The molecule has 2 aliphatic rings. The summed E-state index contributed by atoms with van der Waals surface area (Å²) in [6.45, 7) is 6.27. The minimum atomic E-state index is -1.19. The third kappa shape index (κ3) is 4.35. The molecule has 8 heteroatoms. The van der Waals surface area contributed by atoms with Crippen LogP contribution in [-0.2, 0) is 19.9 Å². The Hall–Kier alpha value is -2.90. The van der Waals surface area contributed by atoms with E-state index >= 15 is 0 Å². The largest absolute Gasteiger partial charge is 0.462 e. The van der Waals surface area contributed by atoms with Gasteiger partial charge in [-0.1, -0.05) is 25.4 Å². The molecule has 1 fully saturated rings. The predicted octanol–water partition coefficient (Wildman–Crippen LogP) is 4.33. The second-order valence-electron chi connectivity index (χ2n) is 9.00. The van der Waals surface area contributed by atoms with Crippen molar-refractivity contribution in [2.45, 2.75) is 45.2 Å². The molecule has 174 valence electrons. The zero-order valence-corrected chi connectivity index (χ0v) is 19.7. The fraction of sp³-hybridized carbons (Fsp3) is 0.400. The molecule has 0 unspecified atom stereocenters. The number of fused-ring (bicyclic) bond motifs is 2. The van der Waals surface area contributed by atoms with E-state index in [4.69, 9.17) is 16.3 Å². The van der Waals surface area contributed by atoms with E-state index in [0.29, 0.717) is 46.5 Å². The standard InChI is InChI=1S/C25H28ClN3O4/c1-4-33-23(31)15-5-8-17(9-6-15)27-22(30)20-13-18(11-14(2)3)29-25(20)19-12-16(26)7-10-21(19)28-24(25)32/h5-10,12,14,18,20,29H,4,11,13H2,1-3H3,(H,27,30)(H,28,32)/t18-,20+,25-/m0/s1. The summed E-state index contributed by atoms with van der Waals surface area (Å²) in [6.07, 6.45) is 1.35. The quantitative estimate of drug-likeness (QED) is 0.547. The number of hydrogen-bond donors (Lipinski definition) is 3. The van der Waals surface area contributed by atoms with Crippen LogP contribution in [0.5, 0.6) is 0 Å². The predicted molar refractivity (Wildman–Crippen MR) is 127 cm³/mol. The number of esters is 1. The monoisotopic (exact) mass is 469 g/mol. The Bertz CT molecular complexity index is 1090. The highest BCUT2D eigenvalue weighted by Crippen LogP contribution is 2.48. The number of ether oxygens (including phenoxy) is 1. The van der Waals surface area contributed by atoms with Gasteiger partial charge >= 0.3 is 5.97 Å². The van der Waals surface area contributed by atoms with Gasteiger partial charge in [0.15, 0.2) is 0 Å². The number of benzene rings is 2. The number of carbonyl (C=O) groups is 3. The van der Waals surface area contributed by atoms with Crippen molar-refractivity contribution >= 4 is 40.8 Å². The van der Waals surface area contributed by atoms with E-state index in [0.717, 1.165) is 6.42 Å². The Balaban J connectivity index is 1.63. The minimum Gasteiger partial charge on any atom is -0.462 e. The van der Waals surface area contributed by atoms with Crippen LogP contribution < -0.4 is 16.0 Å². The van der Waals surface area contributed by atoms with Gasteiger partial charge in [0.25, 0.3) is 0 Å². The lowest BCUT2D eigenvalue weighted by atomic mass is 9.79. The molecule has 1 spiro atoms. The van der Waals surface area contributed by atoms with E-state index in [1.54, 1.807) is 49.4 Å². The van der Waals surface area contributed by atoms with Crippen molar-refractivity contribution in [2.24, 2.45) is 11.8 Å². The maximum atomic E-state index is 13.5. The Kier molecular flexibility index (Phi) is 6.45. The molecule has 1 saturated heterocycles. The van der Waals surface area contributed by atoms with Crippen LogP contribution in [0.4, 0.5) is 11.4 Å². The van der Waals surface area contributed by atoms with Crippen molar-refractivity contribution in [3.63, 3.8) is 0 Å². The molecule has 33 heavy (non-hydrogen) atoms. The van der Waals surface area contributed by atoms with Crippen LogP contribution in [0.15, 0.2) is 42.5 Å². The summed E-state index contributed by atoms with van der Waals surface area (Å²) in [5.41, 5.74) is 1.13. The molecule has 3 N–H and O–H groups in total. The first-order valence-electron chi connectivity index (χ1n) is 11.2. The Morgan fingerprint density at radius 3 is 2.61 bits per heavy atom. The molecule has 0 radical (unpaired) electrons. The van der Waals surface area contributed by atoms with Gasteiger partial charge in [-0.2, -0.15) is 0 Å². The lowest BCUT2D eigenvalue weighted by molar-refractivity contribution is -0.130. The van der Waals surface area contributed by atoms with Crippen LogP contribution in [-0.4, -0.2) is 30.4 Å². The van der Waals surface area contributed by atoms with Crippen LogP contribution in [0.2, 0.25) is 5.02 Å². The van der Waals surface area contributed by atoms with Crippen LogP contribution in [0.3, 0.4) is 0 Å². The highest BCUT2D eigenvalue weighted by molar-refractivity contribution is 6.31. The topological polar surface area (TPSA) is 96.5 Å². The molecule has 0 saturated carbocycles. The molecule has 7 nitrogen and oxygen atoms in total. The fourth-order valence-corrected chi connectivity index (χ4v) is 5.06. The molecular formula is C25H28ClN3O4. The van der Waals surface area contributed by atoms with Gasteiger partial charge in [-0.3, -0.25) is 14.9 Å². The van der Waals surface area contributed by atoms with E-state index in [-0.39, 0.29) is 17.9 Å². The smallest absolute Gasteiger partial charge is 0.338 e. The Labute approximate surface area is 198 Å². The van der Waals surface area contributed by atoms with Crippen molar-refractivity contribution in [1.82, 2.24) is 5.32 Å². The summed E-state index contributed by atoms with van der Waals surface area (Å²) in [4.78, 5) is 38.7. The highest BCUT2D eigenvalue weighted by Gasteiger charge is 2.60. The Morgan fingerprint density at radius 1 is 1.21 bits per heavy atom. The average molecular weight is 470 g/mol. The number of amides is 2. The SMILES string of the molecule is CCOC(=O)c1ccc(NC(=O)[C@H]2C[C@H](CC(C)C)N[C@]23C(=O)Nc2ccc(Cl)cc23)cc1. The van der Waals surface area contributed by atoms with Crippen LogP contribution in [0.1, 0.15) is 49.5 Å². The third-order valence-corrected chi connectivity index (χ3v) is 6.46. The minimum absolute atomic E-state index is 0.00243. The summed E-state index contributed by atoms with van der Waals surface area (Å²) in [5.74, 6) is -1.16. The van der Waals surface area contributed by atoms with E-state index in [1.165, 1.54) is 0 Å². The molecule has 0 aromatic heterocycles. The van der Waals surface area contributed by atoms with Crippen LogP contribution in [0, 0.1) is 11.8 Å². The second-order valence-corrected chi connectivity index (χ2v) is 9.43. The number of anilines is 2. The van der Waals surface area contributed by atoms with Crippen molar-refractivity contribution in [3.05, 3.63) is 58.6 Å². The summed E-state index contributed by atoms with van der Waals surface area (Å²) in [5, 5.41) is 9.85. The zero-order valence-electron chi connectivity index (χ0n) is 18.9. The molecule has 0 bridgehead atoms. The highest BCUT2D eigenvalue weighted by atomic mass is 35.5. The fourth-order valence-electron chi connectivity index (χ4n) is 4.89. The van der Waals surface area contributed by atoms with Gasteiger partial charge in [0.05, 0.1) is 18.1 Å². The molecule has 2 aromatic rings. The summed E-state index contributed by atoms with van der Waals surface area (Å²) in [7, 11) is 0. The van der Waals surface area contributed by atoms with Gasteiger partial charge in [0.2, 0.25) is 11.8 Å². The first kappa shape index (κ1) is 23.3. The summed E-state index contributed by atoms with van der Waals surface area (Å²) >= 11 is 6.27. The van der Waals surface area contributed by atoms with Gasteiger partial charge in [0.1, 0.15) is 5.54 Å². The van der Waals surface area contributed by atoms with Crippen molar-refractivity contribution in [1.29, 1.82) is 0 Å². The van der Waals surface area contributed by atoms with Gasteiger partial charge < -0.3 is 15.4 Å². The van der Waals surface area contributed by atoms with Crippen molar-refractivity contribution < 1.29 is 19.1 Å². The van der Waals surface area contributed by atoms with E-state index in [2.05, 4.69) is 29.8 Å². The second kappa shape index (κ2) is 9.15. The van der Waals surface area contributed by atoms with E-state index < -0.39 is 17.4 Å². The number of carbonyl (C=O) groups excluding carboxylic acids is 3. The lowest BCUT2D eigenvalue weighted by Crippen LogP contribution is -2.52. The normalized spacial score (nSPS) is 23.5. The zero-order chi connectivity index (χ0) is 23.8. The van der Waals surface area contributed by atoms with Crippen molar-refractivity contribution in [3.8, 4) is 0 Å². The molecular weight excluding hydrogens is 442 g/mol. The lowest BCUT2D eigenvalue weighted by Gasteiger charge is -2.29. The maximum absolute atomic E-state index is 13.5. The molecule has 0 aliphatic carbocycles. The first-order chi connectivity index (χ1) is 15.7. The van der Waals surface area contributed by atoms with Gasteiger partial charge in [-0.15, -0.1) is 0 Å². The first-order valence-corrected chi connectivity index (χ1v) is 11.6. The number of nitrogens with one attached hydrogen (secondary N) is 3. The van der Waals surface area contributed by atoms with Crippen molar-refractivity contribution in [2.75, 3.05) is 17.2 Å². The molecule has 2 heterocycles. The van der Waals surface area contributed by atoms with E-state index in [9.17, 15) is 14.4 Å². The van der Waals surface area contributed by atoms with Gasteiger partial charge in [-0.25, -0.2) is 4.79 Å². The Morgan fingerprint density at radius 2 is 1.94 bits per heavy atom. The summed E-state index contributed by atoms with van der Waals surface area (Å²) in [6, 6.07) is 11.8. The molecule has 2 aliphatic heterocycles. The van der Waals surface area contributed by atoms with Gasteiger partial charge in [-0.05, 0) is 68.1 Å². The number of rotatable bonds is 6. The molecule has 2 amide bonds. The third-order valence-electron chi connectivity index (χ3n) is 6.22. The van der Waals surface area contributed by atoms with Gasteiger partial charge in [0, 0.05) is 28.0 Å². The number of hydrogen-bond acceptors (Lipinski definition) is 5. The maximum Gasteiger partial charge on any atom is 0.338 e. The van der Waals surface area contributed by atoms with Crippen LogP contribution in [0.25, 0.3) is 0 Å². The summed E-state index contributed by atoms with van der Waals surface area (Å²) < 4.78 is 5.00. The molecule has 4 rings (SSSR count). The molecule has 2 aromatic carbocycles.